The van der Waals surface area contributed by atoms with Crippen molar-refractivity contribution >= 4 is 45.0 Å². The fourth-order valence-corrected chi connectivity index (χ4v) is 5.45. The van der Waals surface area contributed by atoms with Gasteiger partial charge in [-0.2, -0.15) is 4.72 Å². The summed E-state index contributed by atoms with van der Waals surface area (Å²) >= 11 is 12.4. The predicted octanol–water partition coefficient (Wildman–Crippen LogP) is 3.63. The zero-order valence-corrected chi connectivity index (χ0v) is 22.0. The molecule has 0 aliphatic heterocycles. The lowest BCUT2D eigenvalue weighted by Crippen LogP contribution is -2.43. The monoisotopic (exact) mass is 573 g/mol. The fourth-order valence-electron chi connectivity index (χ4n) is 3.70. The van der Waals surface area contributed by atoms with Crippen LogP contribution >= 0.6 is 23.2 Å². The molecule has 4 rings (SSSR count). The summed E-state index contributed by atoms with van der Waals surface area (Å²) in [5.74, 6) is -1.86. The number of hydrogen-bond acceptors (Lipinski definition) is 7. The van der Waals surface area contributed by atoms with Crippen molar-refractivity contribution in [2.24, 2.45) is 0 Å². The molecule has 0 spiro atoms. The van der Waals surface area contributed by atoms with Gasteiger partial charge in [-0.05, 0) is 51.4 Å². The summed E-state index contributed by atoms with van der Waals surface area (Å²) in [6.07, 6.45) is -0.671. The number of nitrogens with zero attached hydrogens (tertiary/aromatic N) is 4. The van der Waals surface area contributed by atoms with Crippen molar-refractivity contribution in [3.63, 3.8) is 0 Å². The first kappa shape index (κ1) is 27.4. The summed E-state index contributed by atoms with van der Waals surface area (Å²) in [6.45, 7) is -0.474. The Hall–Kier alpha value is -3.64. The second kappa shape index (κ2) is 11.8. The normalized spacial score (nSPS) is 12.3. The van der Waals surface area contributed by atoms with Gasteiger partial charge in [-0.15, -0.1) is 5.10 Å². The second-order valence-electron chi connectivity index (χ2n) is 8.26. The lowest BCUT2D eigenvalue weighted by atomic mass is 10.1. The SMILES string of the molecule is O=C(O)CC(NS(=O)(=O)c1ccc(-c2ccccc2)cc1)C(=O)Cn1nnnc1Cc1c(Cl)cccc1Cl. The lowest BCUT2D eigenvalue weighted by molar-refractivity contribution is -0.139. The van der Waals surface area contributed by atoms with Crippen LogP contribution in [0.5, 0.6) is 0 Å². The summed E-state index contributed by atoms with van der Waals surface area (Å²) in [7, 11) is -4.23. The minimum absolute atomic E-state index is 0.0991. The van der Waals surface area contributed by atoms with Crippen LogP contribution in [0.2, 0.25) is 10.0 Å². The summed E-state index contributed by atoms with van der Waals surface area (Å²) in [5, 5.41) is 21.4. The number of halogens is 2. The molecule has 38 heavy (non-hydrogen) atoms. The number of aliphatic carboxylic acids is 1. The van der Waals surface area contributed by atoms with Crippen molar-refractivity contribution in [1.82, 2.24) is 24.9 Å². The molecule has 10 nitrogen and oxygen atoms in total. The van der Waals surface area contributed by atoms with E-state index < -0.39 is 40.8 Å². The van der Waals surface area contributed by atoms with Gasteiger partial charge in [0, 0.05) is 16.5 Å². The van der Waals surface area contributed by atoms with Crippen LogP contribution in [-0.4, -0.2) is 51.5 Å². The number of nitrogens with one attached hydrogen (secondary N) is 1. The van der Waals surface area contributed by atoms with Crippen molar-refractivity contribution in [3.05, 3.63) is 94.2 Å². The Morgan fingerprint density at radius 2 is 1.55 bits per heavy atom. The molecule has 3 aromatic carbocycles. The Bertz CT molecular complexity index is 1540. The molecule has 0 saturated heterocycles. The molecule has 4 aromatic rings. The maximum Gasteiger partial charge on any atom is 0.305 e. The highest BCUT2D eigenvalue weighted by Crippen LogP contribution is 2.26. The van der Waals surface area contributed by atoms with Crippen LogP contribution in [0.3, 0.4) is 0 Å². The van der Waals surface area contributed by atoms with E-state index in [2.05, 4.69) is 20.2 Å². The lowest BCUT2D eigenvalue weighted by Gasteiger charge is -2.17. The van der Waals surface area contributed by atoms with Gasteiger partial charge in [0.1, 0.15) is 6.54 Å². The Kier molecular flexibility index (Phi) is 8.52. The van der Waals surface area contributed by atoms with Gasteiger partial charge in [0.15, 0.2) is 11.6 Å². The summed E-state index contributed by atoms with van der Waals surface area (Å²) in [4.78, 5) is 24.4. The third-order valence-corrected chi connectivity index (χ3v) is 7.84. The highest BCUT2D eigenvalue weighted by molar-refractivity contribution is 7.89. The molecule has 0 aliphatic carbocycles. The van der Waals surface area contributed by atoms with Crippen LogP contribution in [0.15, 0.2) is 77.7 Å². The Balaban J connectivity index is 1.52. The molecular formula is C25H21Cl2N5O5S. The molecular weight excluding hydrogens is 553 g/mol. The first-order valence-corrected chi connectivity index (χ1v) is 13.5. The molecule has 1 heterocycles. The number of carboxylic acid groups (broad SMARTS) is 1. The third-order valence-electron chi connectivity index (χ3n) is 5.64. The average molecular weight is 574 g/mol. The molecule has 0 amide bonds. The molecule has 0 bridgehead atoms. The summed E-state index contributed by atoms with van der Waals surface area (Å²) in [5.41, 5.74) is 2.24. The highest BCUT2D eigenvalue weighted by Gasteiger charge is 2.29. The number of sulfonamides is 1. The van der Waals surface area contributed by atoms with Gasteiger partial charge in [0.25, 0.3) is 0 Å². The topological polar surface area (TPSA) is 144 Å². The number of ketones is 1. The number of carbonyl (C=O) groups is 2. The summed E-state index contributed by atoms with van der Waals surface area (Å²) < 4.78 is 29.4. The molecule has 13 heteroatoms. The van der Waals surface area contributed by atoms with E-state index in [1.165, 1.54) is 12.1 Å². The number of aromatic nitrogens is 4. The van der Waals surface area contributed by atoms with Crippen molar-refractivity contribution in [3.8, 4) is 11.1 Å². The number of carbonyl (C=O) groups excluding carboxylic acids is 1. The predicted molar refractivity (Wildman–Crippen MR) is 140 cm³/mol. The van der Waals surface area contributed by atoms with Gasteiger partial charge in [0.2, 0.25) is 10.0 Å². The van der Waals surface area contributed by atoms with Gasteiger partial charge in [-0.3, -0.25) is 9.59 Å². The number of tetrazole rings is 1. The minimum Gasteiger partial charge on any atom is -0.481 e. The second-order valence-corrected chi connectivity index (χ2v) is 10.8. The molecule has 1 unspecified atom stereocenters. The Labute approximate surface area is 228 Å². The van der Waals surface area contributed by atoms with E-state index in [1.54, 1.807) is 30.3 Å². The van der Waals surface area contributed by atoms with Gasteiger partial charge < -0.3 is 5.11 Å². The van der Waals surface area contributed by atoms with E-state index in [0.29, 0.717) is 15.6 Å². The Morgan fingerprint density at radius 3 is 2.18 bits per heavy atom. The number of carboxylic acids is 1. The van der Waals surface area contributed by atoms with E-state index >= 15 is 0 Å². The van der Waals surface area contributed by atoms with Gasteiger partial charge in [-0.1, -0.05) is 71.7 Å². The zero-order valence-electron chi connectivity index (χ0n) is 19.7. The van der Waals surface area contributed by atoms with Crippen LogP contribution in [0, 0.1) is 0 Å². The van der Waals surface area contributed by atoms with Crippen LogP contribution in [0.4, 0.5) is 0 Å². The van der Waals surface area contributed by atoms with E-state index in [0.717, 1.165) is 15.8 Å². The third kappa shape index (κ3) is 6.62. The number of Topliss-reactive ketones (excluding diaryl/α,β-unsaturated/α-hetero) is 1. The largest absolute Gasteiger partial charge is 0.481 e. The van der Waals surface area contributed by atoms with Gasteiger partial charge >= 0.3 is 5.97 Å². The van der Waals surface area contributed by atoms with E-state index in [-0.39, 0.29) is 17.1 Å². The molecule has 0 fully saturated rings. The molecule has 2 N–H and O–H groups in total. The highest BCUT2D eigenvalue weighted by atomic mass is 35.5. The van der Waals surface area contributed by atoms with E-state index in [4.69, 9.17) is 23.2 Å². The smallest absolute Gasteiger partial charge is 0.305 e. The average Bonchev–Trinajstić information content (AvgIpc) is 3.32. The molecule has 0 radical (unpaired) electrons. The van der Waals surface area contributed by atoms with E-state index in [1.807, 2.05) is 30.3 Å². The first-order valence-electron chi connectivity index (χ1n) is 11.2. The van der Waals surface area contributed by atoms with Gasteiger partial charge in [0.05, 0.1) is 17.4 Å². The number of rotatable bonds is 11. The van der Waals surface area contributed by atoms with Crippen LogP contribution < -0.4 is 4.72 Å². The molecule has 1 aromatic heterocycles. The molecule has 0 aliphatic rings. The fraction of sp³-hybridized carbons (Fsp3) is 0.160. The molecule has 196 valence electrons. The van der Waals surface area contributed by atoms with Crippen LogP contribution in [0.1, 0.15) is 17.8 Å². The van der Waals surface area contributed by atoms with Gasteiger partial charge in [-0.25, -0.2) is 13.1 Å². The van der Waals surface area contributed by atoms with Crippen molar-refractivity contribution < 1.29 is 23.1 Å². The Morgan fingerprint density at radius 1 is 0.921 bits per heavy atom. The maximum atomic E-state index is 13.1. The van der Waals surface area contributed by atoms with Crippen LogP contribution in [-0.2, 0) is 32.6 Å². The van der Waals surface area contributed by atoms with Crippen molar-refractivity contribution in [2.45, 2.75) is 30.3 Å². The zero-order chi connectivity index (χ0) is 27.3. The first-order chi connectivity index (χ1) is 18.1. The standard InChI is InChI=1S/C25H21Cl2N5O5S/c26-20-7-4-8-21(27)19(20)13-24-28-30-31-32(24)15-23(33)22(14-25(34)35)29-38(36,37)18-11-9-17(10-12-18)16-5-2-1-3-6-16/h1-12,22,29H,13-15H2,(H,34,35). The summed E-state index contributed by atoms with van der Waals surface area (Å²) in [6, 6.07) is 18.8. The van der Waals surface area contributed by atoms with Crippen molar-refractivity contribution in [1.29, 1.82) is 0 Å². The molecule has 0 saturated carbocycles. The van der Waals surface area contributed by atoms with Crippen molar-refractivity contribution in [2.75, 3.05) is 0 Å². The maximum absolute atomic E-state index is 13.1. The number of benzene rings is 3. The quantitative estimate of drug-likeness (QED) is 0.276. The number of hydrogen-bond donors (Lipinski definition) is 2. The molecule has 1 atom stereocenters. The van der Waals surface area contributed by atoms with Crippen LogP contribution in [0.25, 0.3) is 11.1 Å². The minimum atomic E-state index is -4.23. The van der Waals surface area contributed by atoms with E-state index in [9.17, 15) is 23.1 Å².